The zero-order valence-corrected chi connectivity index (χ0v) is 37.4. The number of rotatable bonds is 37. The zero-order chi connectivity index (χ0) is 38.7. The normalized spacial score (nSPS) is 11.5. The smallest absolute Gasteiger partial charge is 0.0134 e. The molecule has 0 aromatic heterocycles. The fraction of sp³-hybridized carbons (Fsp3) is 0.667. The molecular formula is C54H87P. The Morgan fingerprint density at radius 2 is 0.491 bits per heavy atom. The van der Waals surface area contributed by atoms with E-state index in [9.17, 15) is 0 Å². The molecule has 0 N–H and O–H groups in total. The molecule has 0 aliphatic rings. The van der Waals surface area contributed by atoms with Crippen LogP contribution in [0.1, 0.15) is 230 Å². The third-order valence-electron chi connectivity index (χ3n) is 12.0. The van der Waals surface area contributed by atoms with Crippen LogP contribution in [0.4, 0.5) is 0 Å². The second kappa shape index (κ2) is 34.2. The molecule has 3 rings (SSSR count). The highest BCUT2D eigenvalue weighted by atomic mass is 31.1. The van der Waals surface area contributed by atoms with Crippen LogP contribution in [0.2, 0.25) is 0 Å². The Kier molecular flexibility index (Phi) is 29.5. The maximum atomic E-state index is 2.44. The quantitative estimate of drug-likeness (QED) is 0.0405. The van der Waals surface area contributed by atoms with Crippen molar-refractivity contribution in [3.63, 3.8) is 0 Å². The van der Waals surface area contributed by atoms with Crippen LogP contribution in [0.15, 0.2) is 78.9 Å². The molecule has 0 spiro atoms. The van der Waals surface area contributed by atoms with Crippen molar-refractivity contribution in [3.8, 4) is 0 Å². The Morgan fingerprint density at radius 1 is 0.255 bits per heavy atom. The second-order valence-corrected chi connectivity index (χ2v) is 19.3. The van der Waals surface area contributed by atoms with Crippen LogP contribution < -0.4 is 15.9 Å². The molecule has 0 nitrogen and oxygen atoms in total. The lowest BCUT2D eigenvalue weighted by atomic mass is 10.0. The molecule has 0 radical (unpaired) electrons. The number of benzene rings is 3. The number of hydrogen-bond donors (Lipinski definition) is 0. The van der Waals surface area contributed by atoms with Gasteiger partial charge in [0, 0.05) is 0 Å². The summed E-state index contributed by atoms with van der Waals surface area (Å²) in [6.45, 7) is 4.61. The van der Waals surface area contributed by atoms with Crippen LogP contribution in [-0.2, 0) is 12.8 Å². The van der Waals surface area contributed by atoms with Gasteiger partial charge in [-0.3, -0.25) is 0 Å². The van der Waals surface area contributed by atoms with Crippen molar-refractivity contribution in [2.75, 3.05) is 0 Å². The van der Waals surface area contributed by atoms with Crippen LogP contribution in [0.25, 0.3) is 0 Å². The van der Waals surface area contributed by atoms with Gasteiger partial charge in [0.25, 0.3) is 0 Å². The summed E-state index contributed by atoms with van der Waals surface area (Å²) in [6, 6.07) is 30.7. The highest BCUT2D eigenvalue weighted by molar-refractivity contribution is 7.79. The summed E-state index contributed by atoms with van der Waals surface area (Å²) in [5.41, 5.74) is 3.01. The van der Waals surface area contributed by atoms with Gasteiger partial charge in [0.2, 0.25) is 0 Å². The van der Waals surface area contributed by atoms with Gasteiger partial charge in [-0.1, -0.05) is 285 Å². The predicted octanol–water partition coefficient (Wildman–Crippen LogP) is 17.1. The van der Waals surface area contributed by atoms with E-state index in [4.69, 9.17) is 0 Å². The largest absolute Gasteiger partial charge is 0.0654 e. The van der Waals surface area contributed by atoms with Gasteiger partial charge in [-0.25, -0.2) is 0 Å². The van der Waals surface area contributed by atoms with Crippen molar-refractivity contribution in [2.45, 2.75) is 232 Å². The summed E-state index contributed by atoms with van der Waals surface area (Å²) < 4.78 is 0. The SMILES string of the molecule is CCCCCCCCCCCCCCCCCCc1ccc(P(c2ccccc2)c2ccc(CCCCCCCCCCCCCCCCCC)cc2)cc1. The Morgan fingerprint density at radius 3 is 0.764 bits per heavy atom. The van der Waals surface area contributed by atoms with Crippen LogP contribution in [0, 0.1) is 0 Å². The molecule has 0 unspecified atom stereocenters. The van der Waals surface area contributed by atoms with Gasteiger partial charge in [-0.2, -0.15) is 0 Å². The van der Waals surface area contributed by atoms with E-state index in [2.05, 4.69) is 92.7 Å². The van der Waals surface area contributed by atoms with E-state index in [-0.39, 0.29) is 0 Å². The van der Waals surface area contributed by atoms with Gasteiger partial charge < -0.3 is 0 Å². The zero-order valence-electron chi connectivity index (χ0n) is 36.5. The Bertz CT molecular complexity index is 1150. The van der Waals surface area contributed by atoms with Crippen LogP contribution in [-0.4, -0.2) is 0 Å². The highest BCUT2D eigenvalue weighted by Gasteiger charge is 2.16. The first-order chi connectivity index (χ1) is 27.3. The molecule has 55 heavy (non-hydrogen) atoms. The van der Waals surface area contributed by atoms with E-state index in [1.54, 1.807) is 0 Å². The summed E-state index contributed by atoms with van der Waals surface area (Å²) in [7, 11) is -0.539. The molecule has 0 atom stereocenters. The lowest BCUT2D eigenvalue weighted by Gasteiger charge is -2.20. The van der Waals surface area contributed by atoms with Crippen LogP contribution in [0.3, 0.4) is 0 Å². The van der Waals surface area contributed by atoms with Crippen molar-refractivity contribution in [1.82, 2.24) is 0 Å². The summed E-state index contributed by atoms with van der Waals surface area (Å²) in [5, 5.41) is 4.40. The topological polar surface area (TPSA) is 0 Å². The molecule has 3 aromatic carbocycles. The molecule has 0 bridgehead atoms. The Balaban J connectivity index is 1.26. The summed E-state index contributed by atoms with van der Waals surface area (Å²) in [5.74, 6) is 0. The van der Waals surface area contributed by atoms with E-state index < -0.39 is 7.92 Å². The first kappa shape index (κ1) is 47.5. The highest BCUT2D eigenvalue weighted by Crippen LogP contribution is 2.33. The van der Waals surface area contributed by atoms with Crippen molar-refractivity contribution >= 4 is 23.8 Å². The molecule has 0 saturated heterocycles. The second-order valence-electron chi connectivity index (χ2n) is 17.1. The minimum atomic E-state index is -0.539. The Hall–Kier alpha value is -1.91. The fourth-order valence-electron chi connectivity index (χ4n) is 8.40. The minimum absolute atomic E-state index is 0.539. The van der Waals surface area contributed by atoms with Crippen molar-refractivity contribution in [2.24, 2.45) is 0 Å². The third-order valence-corrected chi connectivity index (χ3v) is 14.5. The minimum Gasteiger partial charge on any atom is -0.0654 e. The maximum Gasteiger partial charge on any atom is -0.0134 e. The van der Waals surface area contributed by atoms with Crippen LogP contribution >= 0.6 is 7.92 Å². The molecule has 0 heterocycles. The number of hydrogen-bond acceptors (Lipinski definition) is 0. The standard InChI is InChI=1S/C54H87P/c1-3-5-7-9-11-13-15-17-19-21-23-25-27-29-31-34-38-50-42-46-53(47-43-50)55(52-40-36-33-37-41-52)54-48-44-51(45-49-54)39-35-32-30-28-26-24-22-20-18-16-14-12-10-8-6-4-2/h33,36-37,40-49H,3-32,34-35,38-39H2,1-2H3. The summed E-state index contributed by atoms with van der Waals surface area (Å²) in [6.07, 6.45) is 48.3. The van der Waals surface area contributed by atoms with E-state index in [1.807, 2.05) is 0 Å². The third kappa shape index (κ3) is 23.8. The molecule has 0 saturated carbocycles. The molecule has 1 heteroatoms. The van der Waals surface area contributed by atoms with Gasteiger partial charge >= 0.3 is 0 Å². The first-order valence-electron chi connectivity index (χ1n) is 24.3. The lowest BCUT2D eigenvalue weighted by molar-refractivity contribution is 0.529. The molecule has 3 aromatic rings. The van der Waals surface area contributed by atoms with E-state index >= 15 is 0 Å². The van der Waals surface area contributed by atoms with E-state index in [0.717, 1.165) is 0 Å². The predicted molar refractivity (Wildman–Crippen MR) is 252 cm³/mol. The molecule has 0 aliphatic heterocycles. The first-order valence-corrected chi connectivity index (χ1v) is 25.7. The Labute approximate surface area is 344 Å². The van der Waals surface area contributed by atoms with Crippen molar-refractivity contribution < 1.29 is 0 Å². The van der Waals surface area contributed by atoms with Gasteiger partial charge in [-0.15, -0.1) is 0 Å². The average Bonchev–Trinajstić information content (AvgIpc) is 3.22. The van der Waals surface area contributed by atoms with Crippen molar-refractivity contribution in [1.29, 1.82) is 0 Å². The monoisotopic (exact) mass is 767 g/mol. The average molecular weight is 767 g/mol. The summed E-state index contributed by atoms with van der Waals surface area (Å²) in [4.78, 5) is 0. The lowest BCUT2D eigenvalue weighted by Crippen LogP contribution is -2.20. The van der Waals surface area contributed by atoms with Gasteiger partial charge in [0.15, 0.2) is 0 Å². The van der Waals surface area contributed by atoms with Crippen LogP contribution in [0.5, 0.6) is 0 Å². The summed E-state index contributed by atoms with van der Waals surface area (Å²) >= 11 is 0. The number of unbranched alkanes of at least 4 members (excludes halogenated alkanes) is 30. The molecule has 0 aliphatic carbocycles. The molecule has 0 amide bonds. The van der Waals surface area contributed by atoms with Gasteiger partial charge in [0.1, 0.15) is 0 Å². The molecule has 0 fully saturated rings. The van der Waals surface area contributed by atoms with Gasteiger partial charge in [0.05, 0.1) is 0 Å². The molecular weight excluding hydrogens is 680 g/mol. The maximum absolute atomic E-state index is 2.44. The molecule has 308 valence electrons. The number of aryl methyl sites for hydroxylation is 2. The van der Waals surface area contributed by atoms with Gasteiger partial charge in [-0.05, 0) is 60.6 Å². The van der Waals surface area contributed by atoms with E-state index in [0.29, 0.717) is 0 Å². The van der Waals surface area contributed by atoms with E-state index in [1.165, 1.54) is 245 Å². The fourth-order valence-corrected chi connectivity index (χ4v) is 10.7. The van der Waals surface area contributed by atoms with Crippen molar-refractivity contribution in [3.05, 3.63) is 90.0 Å².